The van der Waals surface area contributed by atoms with Crippen molar-refractivity contribution < 1.29 is 4.39 Å². The second-order valence-electron chi connectivity index (χ2n) is 3.73. The molecule has 4 heteroatoms. The molecule has 2 nitrogen and oxygen atoms in total. The van der Waals surface area contributed by atoms with Gasteiger partial charge >= 0.3 is 0 Å². The quantitative estimate of drug-likeness (QED) is 0.717. The minimum atomic E-state index is -0.304. The molecule has 0 aliphatic rings. The van der Waals surface area contributed by atoms with Crippen LogP contribution in [0.25, 0.3) is 22.4 Å². The fraction of sp³-hybridized carbons (Fsp3) is 0. The molecule has 84 valence electrons. The molecule has 2 aromatic carbocycles. The van der Waals surface area contributed by atoms with Gasteiger partial charge in [-0.15, -0.1) is 0 Å². The molecule has 0 saturated heterocycles. The Labute approximate surface area is 106 Å². The number of para-hydroxylation sites is 1. The Morgan fingerprint density at radius 1 is 1.06 bits per heavy atom. The summed E-state index contributed by atoms with van der Waals surface area (Å²) in [7, 11) is 0. The first kappa shape index (κ1) is 10.5. The average Bonchev–Trinajstić information content (AvgIpc) is 2.75. The maximum Gasteiger partial charge on any atom is 0.151 e. The monoisotopic (exact) mass is 290 g/mol. The van der Waals surface area contributed by atoms with Gasteiger partial charge in [0.05, 0.1) is 5.52 Å². The Kier molecular flexibility index (Phi) is 2.44. The normalized spacial score (nSPS) is 10.9. The zero-order valence-electron chi connectivity index (χ0n) is 8.74. The Balaban J connectivity index is 2.18. The van der Waals surface area contributed by atoms with Crippen LogP contribution in [0.5, 0.6) is 0 Å². The van der Waals surface area contributed by atoms with E-state index in [-0.39, 0.29) is 5.82 Å². The molecule has 0 aliphatic carbocycles. The molecular formula is C13H8BrFN2. The molecule has 17 heavy (non-hydrogen) atoms. The third-order valence-corrected chi connectivity index (χ3v) is 3.11. The highest BCUT2D eigenvalue weighted by atomic mass is 79.9. The minimum Gasteiger partial charge on any atom is -0.338 e. The van der Waals surface area contributed by atoms with Crippen LogP contribution in [-0.2, 0) is 0 Å². The topological polar surface area (TPSA) is 28.7 Å². The van der Waals surface area contributed by atoms with E-state index in [1.54, 1.807) is 6.07 Å². The van der Waals surface area contributed by atoms with Crippen molar-refractivity contribution in [1.29, 1.82) is 0 Å². The SMILES string of the molecule is Fc1cccc2[nH]c(-c3ccc(Br)cc3)nc12. The van der Waals surface area contributed by atoms with Crippen LogP contribution < -0.4 is 0 Å². The van der Waals surface area contributed by atoms with Crippen LogP contribution in [-0.4, -0.2) is 9.97 Å². The number of H-pyrrole nitrogens is 1. The summed E-state index contributed by atoms with van der Waals surface area (Å²) in [5.74, 6) is 0.375. The van der Waals surface area contributed by atoms with Crippen molar-refractivity contribution in [3.8, 4) is 11.4 Å². The van der Waals surface area contributed by atoms with Crippen LogP contribution in [0.2, 0.25) is 0 Å². The van der Waals surface area contributed by atoms with Crippen LogP contribution >= 0.6 is 15.9 Å². The molecule has 0 atom stereocenters. The maximum absolute atomic E-state index is 13.5. The van der Waals surface area contributed by atoms with E-state index >= 15 is 0 Å². The zero-order valence-corrected chi connectivity index (χ0v) is 10.3. The molecule has 0 saturated carbocycles. The summed E-state index contributed by atoms with van der Waals surface area (Å²) in [6, 6.07) is 12.6. The van der Waals surface area contributed by atoms with Crippen LogP contribution in [0.4, 0.5) is 4.39 Å². The standard InChI is InChI=1S/C13H8BrFN2/c14-9-6-4-8(5-7-9)13-16-11-3-1-2-10(15)12(11)17-13/h1-7H,(H,16,17). The van der Waals surface area contributed by atoms with E-state index in [2.05, 4.69) is 25.9 Å². The highest BCUT2D eigenvalue weighted by Gasteiger charge is 2.08. The number of aromatic nitrogens is 2. The molecule has 1 aromatic heterocycles. The van der Waals surface area contributed by atoms with Crippen molar-refractivity contribution in [3.05, 3.63) is 52.8 Å². The molecule has 0 spiro atoms. The van der Waals surface area contributed by atoms with Crippen molar-refractivity contribution in [2.75, 3.05) is 0 Å². The van der Waals surface area contributed by atoms with Crippen molar-refractivity contribution in [3.63, 3.8) is 0 Å². The zero-order chi connectivity index (χ0) is 11.8. The Morgan fingerprint density at radius 3 is 2.53 bits per heavy atom. The molecule has 0 aliphatic heterocycles. The van der Waals surface area contributed by atoms with Gasteiger partial charge in [0.1, 0.15) is 11.3 Å². The first-order chi connectivity index (χ1) is 8.24. The summed E-state index contributed by atoms with van der Waals surface area (Å²) in [6.07, 6.45) is 0. The van der Waals surface area contributed by atoms with E-state index in [9.17, 15) is 4.39 Å². The van der Waals surface area contributed by atoms with Gasteiger partial charge in [0.25, 0.3) is 0 Å². The lowest BCUT2D eigenvalue weighted by Gasteiger charge is -1.95. The summed E-state index contributed by atoms with van der Waals surface area (Å²) < 4.78 is 14.5. The summed E-state index contributed by atoms with van der Waals surface area (Å²) in [4.78, 5) is 7.37. The van der Waals surface area contributed by atoms with Crippen molar-refractivity contribution in [2.45, 2.75) is 0 Å². The van der Waals surface area contributed by atoms with Gasteiger partial charge in [0, 0.05) is 10.0 Å². The van der Waals surface area contributed by atoms with Crippen LogP contribution in [0, 0.1) is 5.82 Å². The number of nitrogens with zero attached hydrogens (tertiary/aromatic N) is 1. The van der Waals surface area contributed by atoms with E-state index in [1.807, 2.05) is 30.3 Å². The highest BCUT2D eigenvalue weighted by molar-refractivity contribution is 9.10. The molecule has 3 rings (SSSR count). The Hall–Kier alpha value is -1.68. The number of fused-ring (bicyclic) bond motifs is 1. The fourth-order valence-corrected chi connectivity index (χ4v) is 2.01. The van der Waals surface area contributed by atoms with Crippen LogP contribution in [0.1, 0.15) is 0 Å². The number of benzene rings is 2. The van der Waals surface area contributed by atoms with Gasteiger partial charge in [-0.05, 0) is 24.3 Å². The predicted octanol–water partition coefficient (Wildman–Crippen LogP) is 4.13. The molecule has 0 amide bonds. The van der Waals surface area contributed by atoms with E-state index in [0.29, 0.717) is 16.9 Å². The maximum atomic E-state index is 13.5. The third kappa shape index (κ3) is 1.85. The first-order valence-electron chi connectivity index (χ1n) is 5.14. The highest BCUT2D eigenvalue weighted by Crippen LogP contribution is 2.23. The summed E-state index contributed by atoms with van der Waals surface area (Å²) in [5.41, 5.74) is 2.03. The van der Waals surface area contributed by atoms with Gasteiger partial charge in [0.15, 0.2) is 5.82 Å². The van der Waals surface area contributed by atoms with Crippen molar-refractivity contribution in [1.82, 2.24) is 9.97 Å². The number of aromatic amines is 1. The molecule has 0 bridgehead atoms. The van der Waals surface area contributed by atoms with Gasteiger partial charge in [-0.2, -0.15) is 0 Å². The second-order valence-corrected chi connectivity index (χ2v) is 4.64. The minimum absolute atomic E-state index is 0.304. The van der Waals surface area contributed by atoms with Gasteiger partial charge in [-0.3, -0.25) is 0 Å². The summed E-state index contributed by atoms with van der Waals surface area (Å²) in [6.45, 7) is 0. The number of hydrogen-bond donors (Lipinski definition) is 1. The van der Waals surface area contributed by atoms with E-state index in [0.717, 1.165) is 10.0 Å². The lowest BCUT2D eigenvalue weighted by molar-refractivity contribution is 0.637. The fourth-order valence-electron chi connectivity index (χ4n) is 1.74. The Bertz CT molecular complexity index is 673. The molecule has 1 heterocycles. The molecule has 1 N–H and O–H groups in total. The third-order valence-electron chi connectivity index (χ3n) is 2.58. The van der Waals surface area contributed by atoms with E-state index in [1.165, 1.54) is 6.07 Å². The molecular weight excluding hydrogens is 283 g/mol. The molecule has 3 aromatic rings. The van der Waals surface area contributed by atoms with Crippen LogP contribution in [0.3, 0.4) is 0 Å². The lowest BCUT2D eigenvalue weighted by Crippen LogP contribution is -1.79. The van der Waals surface area contributed by atoms with Gasteiger partial charge in [0.2, 0.25) is 0 Å². The molecule has 0 fully saturated rings. The lowest BCUT2D eigenvalue weighted by atomic mass is 10.2. The van der Waals surface area contributed by atoms with Crippen molar-refractivity contribution >= 4 is 27.0 Å². The number of rotatable bonds is 1. The average molecular weight is 291 g/mol. The van der Waals surface area contributed by atoms with Gasteiger partial charge in [-0.25, -0.2) is 9.37 Å². The second kappa shape index (κ2) is 3.96. The van der Waals surface area contributed by atoms with Gasteiger partial charge in [-0.1, -0.05) is 34.1 Å². The number of halogens is 2. The van der Waals surface area contributed by atoms with Crippen molar-refractivity contribution in [2.24, 2.45) is 0 Å². The molecule has 0 unspecified atom stereocenters. The van der Waals surface area contributed by atoms with Crippen LogP contribution in [0.15, 0.2) is 46.9 Å². The Morgan fingerprint density at radius 2 is 1.82 bits per heavy atom. The smallest absolute Gasteiger partial charge is 0.151 e. The number of nitrogens with one attached hydrogen (secondary N) is 1. The number of imidazole rings is 1. The summed E-state index contributed by atoms with van der Waals surface area (Å²) in [5, 5.41) is 0. The van der Waals surface area contributed by atoms with E-state index in [4.69, 9.17) is 0 Å². The number of hydrogen-bond acceptors (Lipinski definition) is 1. The summed E-state index contributed by atoms with van der Waals surface area (Å²) >= 11 is 3.37. The van der Waals surface area contributed by atoms with Gasteiger partial charge < -0.3 is 4.98 Å². The molecule has 0 radical (unpaired) electrons. The first-order valence-corrected chi connectivity index (χ1v) is 5.93. The largest absolute Gasteiger partial charge is 0.338 e. The van der Waals surface area contributed by atoms with E-state index < -0.39 is 0 Å². The predicted molar refractivity (Wildman–Crippen MR) is 69.2 cm³/mol.